The molecule has 3 heteroatoms. The van der Waals surface area contributed by atoms with Gasteiger partial charge in [-0.25, -0.2) is 0 Å². The lowest BCUT2D eigenvalue weighted by Crippen LogP contribution is -2.26. The van der Waals surface area contributed by atoms with E-state index in [2.05, 4.69) is 20.8 Å². The van der Waals surface area contributed by atoms with Crippen LogP contribution in [0.3, 0.4) is 0 Å². The van der Waals surface area contributed by atoms with E-state index in [4.69, 9.17) is 21.1 Å². The molecule has 0 aromatic rings. The predicted octanol–water partition coefficient (Wildman–Crippen LogP) is 3.88. The average Bonchev–Trinajstić information content (AvgIpc) is 2.59. The first-order valence-corrected chi connectivity index (χ1v) is 6.71. The van der Waals surface area contributed by atoms with Gasteiger partial charge in [0.2, 0.25) is 0 Å². The Hall–Kier alpha value is -0.0500. The smallest absolute Gasteiger partial charge is 0.171 e. The Morgan fingerprint density at radius 2 is 2.19 bits per heavy atom. The van der Waals surface area contributed by atoms with Crippen molar-refractivity contribution in [2.45, 2.75) is 58.8 Å². The van der Waals surface area contributed by atoms with Gasteiger partial charge in [-0.2, -0.15) is 0 Å². The number of allylic oxidation sites excluding steroid dienone is 1. The van der Waals surface area contributed by atoms with E-state index >= 15 is 0 Å². The third-order valence-electron chi connectivity index (χ3n) is 3.18. The van der Waals surface area contributed by atoms with Gasteiger partial charge in [-0.05, 0) is 38.7 Å². The Morgan fingerprint density at radius 1 is 1.44 bits per heavy atom. The average molecular weight is 247 g/mol. The minimum absolute atomic E-state index is 0.213. The zero-order chi connectivity index (χ0) is 12.0. The number of rotatable bonds is 7. The van der Waals surface area contributed by atoms with Crippen molar-refractivity contribution in [1.82, 2.24) is 0 Å². The third-order valence-corrected chi connectivity index (χ3v) is 3.43. The van der Waals surface area contributed by atoms with Gasteiger partial charge in [0.25, 0.3) is 0 Å². The Kier molecular flexibility index (Phi) is 6.40. The molecular weight excluding hydrogens is 224 g/mol. The van der Waals surface area contributed by atoms with E-state index in [1.54, 1.807) is 0 Å². The lowest BCUT2D eigenvalue weighted by Gasteiger charge is -2.21. The summed E-state index contributed by atoms with van der Waals surface area (Å²) in [6.07, 6.45) is 4.37. The zero-order valence-electron chi connectivity index (χ0n) is 10.6. The monoisotopic (exact) mass is 246 g/mol. The first-order chi connectivity index (χ1) is 7.69. The minimum atomic E-state index is -0.251. The maximum atomic E-state index is 5.88. The third kappa shape index (κ3) is 4.08. The molecule has 1 aliphatic rings. The number of alkyl halides is 1. The van der Waals surface area contributed by atoms with Gasteiger partial charge in [-0.3, -0.25) is 0 Å². The standard InChI is InChI=1S/C13H23ClO2/c1-4-5-8-15-13(9-14)16-12-7-6-10(2)11(12)3/h12-13H,4-9H2,1-3H3. The summed E-state index contributed by atoms with van der Waals surface area (Å²) in [5, 5.41) is 0. The summed E-state index contributed by atoms with van der Waals surface area (Å²) in [5.41, 5.74) is 2.81. The van der Waals surface area contributed by atoms with Crippen LogP contribution < -0.4 is 0 Å². The van der Waals surface area contributed by atoms with E-state index in [1.165, 1.54) is 11.1 Å². The van der Waals surface area contributed by atoms with Gasteiger partial charge in [-0.1, -0.05) is 18.9 Å². The fourth-order valence-corrected chi connectivity index (χ4v) is 2.03. The van der Waals surface area contributed by atoms with Gasteiger partial charge in [0, 0.05) is 6.61 Å². The van der Waals surface area contributed by atoms with E-state index < -0.39 is 0 Å². The van der Waals surface area contributed by atoms with Gasteiger partial charge in [0.05, 0.1) is 12.0 Å². The second-order valence-electron chi connectivity index (χ2n) is 4.43. The van der Waals surface area contributed by atoms with Crippen LogP contribution >= 0.6 is 11.6 Å². The number of ether oxygens (including phenoxy) is 2. The molecule has 0 amide bonds. The Balaban J connectivity index is 2.33. The summed E-state index contributed by atoms with van der Waals surface area (Å²) in [7, 11) is 0. The first kappa shape index (κ1) is 14.0. The molecule has 94 valence electrons. The van der Waals surface area contributed by atoms with Crippen molar-refractivity contribution >= 4 is 11.6 Å². The summed E-state index contributed by atoms with van der Waals surface area (Å²) < 4.78 is 11.5. The van der Waals surface area contributed by atoms with Crippen LogP contribution in [0.25, 0.3) is 0 Å². The normalized spacial score (nSPS) is 22.9. The molecule has 0 saturated heterocycles. The maximum Gasteiger partial charge on any atom is 0.171 e. The molecule has 2 nitrogen and oxygen atoms in total. The number of hydrogen-bond acceptors (Lipinski definition) is 2. The second-order valence-corrected chi connectivity index (χ2v) is 4.74. The molecule has 0 spiro atoms. The molecule has 0 fully saturated rings. The van der Waals surface area contributed by atoms with Crippen molar-refractivity contribution < 1.29 is 9.47 Å². The number of halogens is 1. The van der Waals surface area contributed by atoms with E-state index in [1.807, 2.05) is 0 Å². The van der Waals surface area contributed by atoms with Crippen molar-refractivity contribution in [2.24, 2.45) is 0 Å². The molecule has 0 radical (unpaired) electrons. The highest BCUT2D eigenvalue weighted by molar-refractivity contribution is 6.18. The lowest BCUT2D eigenvalue weighted by atomic mass is 10.2. The van der Waals surface area contributed by atoms with Crippen molar-refractivity contribution in [2.75, 3.05) is 12.5 Å². The summed E-state index contributed by atoms with van der Waals surface area (Å²) in [5.74, 6) is 0.409. The van der Waals surface area contributed by atoms with Crippen LogP contribution in [0, 0.1) is 0 Å². The van der Waals surface area contributed by atoms with Crippen molar-refractivity contribution in [1.29, 1.82) is 0 Å². The number of unbranched alkanes of at least 4 members (excludes halogenated alkanes) is 1. The summed E-state index contributed by atoms with van der Waals surface area (Å²) >= 11 is 5.84. The highest BCUT2D eigenvalue weighted by Gasteiger charge is 2.23. The molecule has 0 N–H and O–H groups in total. The van der Waals surface area contributed by atoms with E-state index in [0.29, 0.717) is 5.88 Å². The van der Waals surface area contributed by atoms with Gasteiger partial charge in [-0.15, -0.1) is 11.6 Å². The SMILES string of the molecule is CCCCOC(CCl)OC1CCC(C)=C1C. The quantitative estimate of drug-likeness (QED) is 0.294. The first-order valence-electron chi connectivity index (χ1n) is 6.18. The van der Waals surface area contributed by atoms with Gasteiger partial charge in [0.15, 0.2) is 6.29 Å². The lowest BCUT2D eigenvalue weighted by molar-refractivity contribution is -0.148. The van der Waals surface area contributed by atoms with Gasteiger partial charge in [0.1, 0.15) is 0 Å². The van der Waals surface area contributed by atoms with Crippen LogP contribution in [0.1, 0.15) is 46.5 Å². The van der Waals surface area contributed by atoms with E-state index in [9.17, 15) is 0 Å². The van der Waals surface area contributed by atoms with Gasteiger partial charge >= 0.3 is 0 Å². The van der Waals surface area contributed by atoms with E-state index in [-0.39, 0.29) is 12.4 Å². The molecule has 1 aliphatic carbocycles. The molecule has 2 atom stereocenters. The zero-order valence-corrected chi connectivity index (χ0v) is 11.3. The predicted molar refractivity (Wildman–Crippen MR) is 67.8 cm³/mol. The van der Waals surface area contributed by atoms with Crippen molar-refractivity contribution in [3.63, 3.8) is 0 Å². The highest BCUT2D eigenvalue weighted by atomic mass is 35.5. The summed E-state index contributed by atoms with van der Waals surface area (Å²) in [6, 6.07) is 0. The Labute approximate surface area is 104 Å². The Morgan fingerprint density at radius 3 is 2.69 bits per heavy atom. The molecule has 0 bridgehead atoms. The maximum absolute atomic E-state index is 5.88. The van der Waals surface area contributed by atoms with Crippen LogP contribution in [-0.2, 0) is 9.47 Å². The summed E-state index contributed by atoms with van der Waals surface area (Å²) in [4.78, 5) is 0. The molecule has 0 saturated carbocycles. The molecule has 0 aromatic carbocycles. The van der Waals surface area contributed by atoms with Crippen LogP contribution in [0.4, 0.5) is 0 Å². The molecule has 0 aromatic heterocycles. The summed E-state index contributed by atoms with van der Waals surface area (Å²) in [6.45, 7) is 7.20. The molecule has 1 rings (SSSR count). The fourth-order valence-electron chi connectivity index (χ4n) is 1.87. The second kappa shape index (κ2) is 7.31. The van der Waals surface area contributed by atoms with Crippen LogP contribution in [0.2, 0.25) is 0 Å². The van der Waals surface area contributed by atoms with Crippen LogP contribution in [0.5, 0.6) is 0 Å². The fraction of sp³-hybridized carbons (Fsp3) is 0.846. The van der Waals surface area contributed by atoms with Crippen LogP contribution in [0.15, 0.2) is 11.1 Å². The largest absolute Gasteiger partial charge is 0.351 e. The molecule has 2 unspecified atom stereocenters. The molecular formula is C13H23ClO2. The molecule has 0 heterocycles. The van der Waals surface area contributed by atoms with E-state index in [0.717, 1.165) is 32.3 Å². The molecule has 16 heavy (non-hydrogen) atoms. The highest BCUT2D eigenvalue weighted by Crippen LogP contribution is 2.29. The Bertz CT molecular complexity index is 238. The van der Waals surface area contributed by atoms with Gasteiger partial charge < -0.3 is 9.47 Å². The topological polar surface area (TPSA) is 18.5 Å². The molecule has 0 aliphatic heterocycles. The number of hydrogen-bond donors (Lipinski definition) is 0. The van der Waals surface area contributed by atoms with Crippen LogP contribution in [-0.4, -0.2) is 24.9 Å². The minimum Gasteiger partial charge on any atom is -0.351 e. The van der Waals surface area contributed by atoms with Crippen molar-refractivity contribution in [3.8, 4) is 0 Å². The van der Waals surface area contributed by atoms with Crippen molar-refractivity contribution in [3.05, 3.63) is 11.1 Å².